The number of piperidine rings is 4. The highest BCUT2D eigenvalue weighted by molar-refractivity contribution is 7.54. The number of ketones is 1. The molecule has 4 atom stereocenters. The molecule has 112 heavy (non-hydrogen) atoms. The van der Waals surface area contributed by atoms with Gasteiger partial charge in [-0.25, -0.2) is 13.1 Å². The van der Waals surface area contributed by atoms with E-state index in [0.717, 1.165) is 62.5 Å². The maximum Gasteiger partial charge on any atom is 0.418 e. The Kier molecular flexibility index (Phi) is 32.7. The lowest BCUT2D eigenvalue weighted by Crippen LogP contribution is -2.68. The highest BCUT2D eigenvalue weighted by Gasteiger charge is 2.60. The van der Waals surface area contributed by atoms with Crippen LogP contribution in [0.25, 0.3) is 9.69 Å². The van der Waals surface area contributed by atoms with Crippen LogP contribution in [0.3, 0.4) is 0 Å². The van der Waals surface area contributed by atoms with Gasteiger partial charge in [-0.15, -0.1) is 22.7 Å². The first-order chi connectivity index (χ1) is 52.9. The van der Waals surface area contributed by atoms with Gasteiger partial charge in [-0.2, -0.15) is 26.3 Å². The van der Waals surface area contributed by atoms with E-state index in [4.69, 9.17) is 36.8 Å². The third-order valence-corrected chi connectivity index (χ3v) is 24.5. The Hall–Kier alpha value is -8.57. The number of unbranched alkanes of at least 4 members (excludes halogenated alkanes) is 1. The zero-order valence-corrected chi connectivity index (χ0v) is 66.4. The third-order valence-electron chi connectivity index (χ3n) is 20.7. The van der Waals surface area contributed by atoms with Crippen molar-refractivity contribution in [2.45, 2.75) is 218 Å². The second-order valence-corrected chi connectivity index (χ2v) is 32.6. The van der Waals surface area contributed by atoms with Crippen LogP contribution in [0, 0.1) is 27.0 Å². The van der Waals surface area contributed by atoms with E-state index in [1.165, 1.54) is 45.6 Å². The van der Waals surface area contributed by atoms with Gasteiger partial charge in [-0.1, -0.05) is 82.6 Å². The summed E-state index contributed by atoms with van der Waals surface area (Å²) in [7, 11) is -3.12. The Balaban J connectivity index is 0.000000269. The highest BCUT2D eigenvalue weighted by atomic mass is 32.1. The van der Waals surface area contributed by atoms with Crippen molar-refractivity contribution in [3.05, 3.63) is 185 Å². The first-order valence-corrected chi connectivity index (χ1v) is 41.2. The number of pyridine rings is 2. The number of carboxylic acids is 1. The van der Waals surface area contributed by atoms with Crippen molar-refractivity contribution >= 4 is 65.7 Å². The van der Waals surface area contributed by atoms with Gasteiger partial charge >= 0.3 is 25.9 Å². The lowest BCUT2D eigenvalue weighted by molar-refractivity contribution is -0.161. The highest BCUT2D eigenvalue weighted by Crippen LogP contribution is 2.49. The molecule has 0 unspecified atom stereocenters. The lowest BCUT2D eigenvalue weighted by atomic mass is 9.76. The smallest absolute Gasteiger partial charge is 0.418 e. The first kappa shape index (κ1) is 90.6. The van der Waals surface area contributed by atoms with Gasteiger partial charge in [0.25, 0.3) is 34.7 Å². The number of rotatable bonds is 28. The van der Waals surface area contributed by atoms with Crippen molar-refractivity contribution in [3.63, 3.8) is 0 Å². The summed E-state index contributed by atoms with van der Waals surface area (Å²) >= 11 is 2.90. The van der Waals surface area contributed by atoms with Crippen molar-refractivity contribution in [1.82, 2.24) is 29.6 Å². The molecule has 10 rings (SSSR count). The summed E-state index contributed by atoms with van der Waals surface area (Å²) in [5.74, 6) is -2.54. The molecule has 4 saturated heterocycles. The summed E-state index contributed by atoms with van der Waals surface area (Å²) in [5, 5.41) is 22.1. The summed E-state index contributed by atoms with van der Waals surface area (Å²) in [6.45, 7) is 30.9. The van der Waals surface area contributed by atoms with Gasteiger partial charge < -0.3 is 58.0 Å². The number of hydrogen-bond donors (Lipinski definition) is 2. The number of aromatic nitrogens is 2. The van der Waals surface area contributed by atoms with Crippen LogP contribution in [0.15, 0.2) is 108 Å². The molecular formula is C82H103F6N8O13PS2. The number of carbonyl (C=O) groups is 6. The van der Waals surface area contributed by atoms with Crippen LogP contribution in [0.2, 0.25) is 0 Å². The summed E-state index contributed by atoms with van der Waals surface area (Å²) in [6, 6.07) is 21.4. The molecule has 21 nitrogen and oxygen atoms in total. The monoisotopic (exact) mass is 1620 g/mol. The molecule has 0 saturated carbocycles. The normalized spacial score (nSPS) is 19.6. The van der Waals surface area contributed by atoms with Gasteiger partial charge in [0.2, 0.25) is 11.2 Å². The zero-order chi connectivity index (χ0) is 81.0. The second kappa shape index (κ2) is 40.4. The maximum absolute atomic E-state index is 15.0. The summed E-state index contributed by atoms with van der Waals surface area (Å²) < 4.78 is 119. The van der Waals surface area contributed by atoms with Crippen LogP contribution in [0.1, 0.15) is 209 Å². The molecule has 2 aromatic carbocycles. The molecule has 2 N–H and O–H groups in total. The Morgan fingerprint density at radius 2 is 1.00 bits per heavy atom. The number of benzene rings is 2. The number of halogens is 6. The number of aliphatic hydroxyl groups is 1. The second-order valence-electron chi connectivity index (χ2n) is 28.3. The fourth-order valence-electron chi connectivity index (χ4n) is 15.7. The van der Waals surface area contributed by atoms with Gasteiger partial charge in [0, 0.05) is 135 Å². The van der Waals surface area contributed by atoms with Gasteiger partial charge in [-0.3, -0.25) is 43.3 Å². The van der Waals surface area contributed by atoms with Gasteiger partial charge in [0.05, 0.1) is 36.4 Å². The number of nitrogens with zero attached hydrogens (tertiary/aromatic N) is 8. The average molecular weight is 1620 g/mol. The van der Waals surface area contributed by atoms with E-state index in [2.05, 4.69) is 19.7 Å². The molecule has 4 aliphatic rings. The molecule has 30 heteroatoms. The number of likely N-dealkylation sites (tertiary alicyclic amines) is 4. The maximum atomic E-state index is 15.0. The van der Waals surface area contributed by atoms with Crippen LogP contribution in [0.5, 0.6) is 11.5 Å². The quantitative estimate of drug-likeness (QED) is 0.0201. The molecule has 4 fully saturated rings. The predicted octanol–water partition coefficient (Wildman–Crippen LogP) is 17.5. The fraction of sp³-hybridized carbons (Fsp3) is 0.537. The van der Waals surface area contributed by atoms with Crippen molar-refractivity contribution in [3.8, 4) is 11.5 Å². The number of Topliss-reactive ketones (excluding diaryl/α,β-unsaturated/α-hetero) is 1. The van der Waals surface area contributed by atoms with E-state index in [-0.39, 0.29) is 96.3 Å². The Morgan fingerprint density at radius 1 is 0.598 bits per heavy atom. The number of carbonyl (C=O) groups excluding carboxylic acids is 5. The lowest BCUT2D eigenvalue weighted by Gasteiger charge is -2.50. The van der Waals surface area contributed by atoms with E-state index in [1.807, 2.05) is 88.4 Å². The van der Waals surface area contributed by atoms with Crippen LogP contribution in [-0.2, 0) is 69.1 Å². The first-order valence-electron chi connectivity index (χ1n) is 37.8. The SMILES string of the molecule is C.CCOP(=O)(CC(C)=O)OCC.[C-]#[N+]C1(c2ccccc2CCCCC(=O)O)CCN(C(=O)[C@]2(Oc3csc(C)c3)CCCN(C(=O)c3ncccc3C(F)(F)F)[C@@H]2CCC)CC1.[C-]#[N+]C1(c2ccccc2CCCO)CCN(C(=O)[C@]2(Oc3csc(C)c3)CCCN(C(=O)c3ncccc3C(F)(F)F)[C@@H]2CCC)CC1. The predicted molar refractivity (Wildman–Crippen MR) is 416 cm³/mol. The molecule has 4 amide bonds. The third kappa shape index (κ3) is 21.6. The van der Waals surface area contributed by atoms with Crippen molar-refractivity contribution in [2.75, 3.05) is 65.3 Å². The molecular weight excluding hydrogens is 1510 g/mol. The number of thiophene rings is 2. The van der Waals surface area contributed by atoms with E-state index in [9.17, 15) is 64.8 Å². The number of aliphatic carboxylic acids is 1. The van der Waals surface area contributed by atoms with E-state index >= 15 is 0 Å². The van der Waals surface area contributed by atoms with E-state index in [0.29, 0.717) is 121 Å². The van der Waals surface area contributed by atoms with Crippen molar-refractivity contribution in [2.24, 2.45) is 0 Å². The van der Waals surface area contributed by atoms with Crippen LogP contribution in [-0.4, -0.2) is 164 Å². The number of amides is 4. The van der Waals surface area contributed by atoms with Gasteiger partial charge in [-0.05, 0) is 140 Å². The number of alkyl halides is 6. The Bertz CT molecular complexity index is 4310. The molecule has 0 radical (unpaired) electrons. The minimum Gasteiger partial charge on any atom is -0.481 e. The Labute approximate surface area is 660 Å². The topological polar surface area (TPSA) is 244 Å². The molecule has 0 spiro atoms. The Morgan fingerprint density at radius 3 is 1.34 bits per heavy atom. The van der Waals surface area contributed by atoms with Crippen LogP contribution >= 0.6 is 30.3 Å². The average Bonchev–Trinajstić information content (AvgIpc) is 0.926. The molecule has 8 heterocycles. The number of carboxylic acid groups (broad SMARTS) is 1. The van der Waals surface area contributed by atoms with Gasteiger partial charge in [0.1, 0.15) is 34.8 Å². The van der Waals surface area contributed by atoms with Crippen LogP contribution in [0.4, 0.5) is 26.3 Å². The number of ether oxygens (including phenoxy) is 2. The molecule has 4 aliphatic heterocycles. The number of aliphatic hydroxyl groups excluding tert-OH is 1. The standard InChI is InChI=1S/C38H43F3N4O5S.C36H41F3N4O4S.C7H15O4P.CH4/c1-4-11-31-37(50-28-24-26(2)51-25-28,17-10-21-45(31)34(48)33-30(38(39,40)41)15-9-20-43-33)35(49)44-22-18-36(42-3,19-23-44)29-14-7-5-12-27(29)13-6-8-16-32(46)47;1-4-10-30-35(47-27-23-25(2)48-24-27,15-9-19-43(30)32(45)31-29(36(37,38)39)14-7-18-41-31)33(46)42-20-16-34(40-3,17-21-42)28-13-6-5-11-26(28)12-8-22-44;1-4-10-12(9,11-5-2)6-7(3)8;/h5,7,9,12,14-15,20,24-25,31H,4,6,8,10-11,13,16-19,21-23H2,1-2H3,(H,46,47);5-7,11,13-14,18,23-24,30,44H,4,8-10,12,15-17,19-22H2,1-2H3;4-6H2,1-3H3;1H4/t31-,37+;30-,35+;;/m11../s1. The number of hydrogen-bond acceptors (Lipinski definition) is 16. The molecule has 4 aromatic heterocycles. The zero-order valence-electron chi connectivity index (χ0n) is 63.8. The summed E-state index contributed by atoms with van der Waals surface area (Å²) in [4.78, 5) is 104. The molecule has 608 valence electrons. The van der Waals surface area contributed by atoms with Crippen LogP contribution < -0.4 is 9.47 Å². The van der Waals surface area contributed by atoms with Crippen molar-refractivity contribution in [1.29, 1.82) is 0 Å². The molecule has 0 bridgehead atoms. The minimum absolute atomic E-state index is 0. The fourth-order valence-corrected chi connectivity index (χ4v) is 18.5. The largest absolute Gasteiger partial charge is 0.481 e. The summed E-state index contributed by atoms with van der Waals surface area (Å²) in [6.07, 6.45) is 0.137. The van der Waals surface area contributed by atoms with E-state index in [1.54, 1.807) is 34.4 Å². The van der Waals surface area contributed by atoms with Crippen molar-refractivity contribution < 1.29 is 88.4 Å². The molecule has 0 aliphatic carbocycles. The van der Waals surface area contributed by atoms with Gasteiger partial charge in [0.15, 0.2) is 0 Å². The number of aryl methyl sites for hydroxylation is 4. The van der Waals surface area contributed by atoms with E-state index < -0.39 is 94.6 Å². The minimum atomic E-state index is -4.80. The molecule has 6 aromatic rings. The summed E-state index contributed by atoms with van der Waals surface area (Å²) in [5.41, 5.74) is -4.71.